The first kappa shape index (κ1) is 25.2. The third kappa shape index (κ3) is 6.80. The third-order valence-electron chi connectivity index (χ3n) is 5.93. The summed E-state index contributed by atoms with van der Waals surface area (Å²) in [6.45, 7) is 1.73. The Morgan fingerprint density at radius 3 is 2.15 bits per heavy atom. The quantitative estimate of drug-likeness (QED) is 0.314. The molecule has 0 spiro atoms. The van der Waals surface area contributed by atoms with Crippen LogP contribution in [0.15, 0.2) is 72.8 Å². The zero-order valence-electron chi connectivity index (χ0n) is 18.7. The standard InChI is InChI=1S/C27H28Cl3NO3/c28-27(29,30)25(32)12-11-23-26-21(13-14-31-23)15-22(33-17-19-7-3-1-4-8-19)16-24(26)34-18-20-9-5-2-6-10-20/h1-10,15-16,23,25,31-32H,11-14,17-18H2/t23-,25+/m0/s1. The van der Waals surface area contributed by atoms with Gasteiger partial charge in [0.1, 0.15) is 30.8 Å². The summed E-state index contributed by atoms with van der Waals surface area (Å²) in [5.74, 6) is 1.54. The molecule has 4 rings (SSSR count). The number of alkyl halides is 3. The van der Waals surface area contributed by atoms with Crippen LogP contribution in [0.25, 0.3) is 0 Å². The molecule has 0 bridgehead atoms. The second kappa shape index (κ2) is 11.7. The van der Waals surface area contributed by atoms with Crippen LogP contribution < -0.4 is 14.8 Å². The summed E-state index contributed by atoms with van der Waals surface area (Å²) in [6.07, 6.45) is 0.751. The van der Waals surface area contributed by atoms with Gasteiger partial charge in [-0.15, -0.1) is 0 Å². The summed E-state index contributed by atoms with van der Waals surface area (Å²) in [7, 11) is 0. The molecule has 34 heavy (non-hydrogen) atoms. The highest BCUT2D eigenvalue weighted by molar-refractivity contribution is 6.68. The van der Waals surface area contributed by atoms with Crippen molar-refractivity contribution < 1.29 is 14.6 Å². The van der Waals surface area contributed by atoms with Crippen molar-refractivity contribution in [2.24, 2.45) is 0 Å². The number of ether oxygens (including phenoxy) is 2. The molecule has 3 aromatic carbocycles. The second-order valence-corrected chi connectivity index (χ2v) is 10.8. The lowest BCUT2D eigenvalue weighted by atomic mass is 9.90. The van der Waals surface area contributed by atoms with Gasteiger partial charge in [0.05, 0.1) is 0 Å². The van der Waals surface area contributed by atoms with E-state index in [4.69, 9.17) is 44.3 Å². The molecule has 0 aromatic heterocycles. The average Bonchev–Trinajstić information content (AvgIpc) is 2.85. The Morgan fingerprint density at radius 2 is 1.53 bits per heavy atom. The fraction of sp³-hybridized carbons (Fsp3) is 0.333. The highest BCUT2D eigenvalue weighted by atomic mass is 35.6. The predicted molar refractivity (Wildman–Crippen MR) is 138 cm³/mol. The van der Waals surface area contributed by atoms with Gasteiger partial charge >= 0.3 is 0 Å². The van der Waals surface area contributed by atoms with Crippen molar-refractivity contribution in [3.63, 3.8) is 0 Å². The number of halogens is 3. The largest absolute Gasteiger partial charge is 0.489 e. The Kier molecular flexibility index (Phi) is 8.62. The summed E-state index contributed by atoms with van der Waals surface area (Å²) in [6, 6.07) is 24.1. The number of aliphatic hydroxyl groups excluding tert-OH is 1. The maximum absolute atomic E-state index is 10.2. The van der Waals surface area contributed by atoms with Gasteiger partial charge < -0.3 is 19.9 Å². The number of rotatable bonds is 9. The monoisotopic (exact) mass is 519 g/mol. The molecular weight excluding hydrogens is 493 g/mol. The van der Waals surface area contributed by atoms with E-state index in [0.717, 1.165) is 41.2 Å². The minimum atomic E-state index is -1.71. The number of fused-ring (bicyclic) bond motifs is 1. The maximum Gasteiger partial charge on any atom is 0.216 e. The van der Waals surface area contributed by atoms with Gasteiger partial charge in [-0.25, -0.2) is 0 Å². The third-order valence-corrected chi connectivity index (χ3v) is 6.68. The molecule has 0 unspecified atom stereocenters. The Bertz CT molecular complexity index is 1060. The van der Waals surface area contributed by atoms with Gasteiger partial charge in [0.25, 0.3) is 0 Å². The molecule has 0 amide bonds. The molecule has 0 aliphatic carbocycles. The molecule has 0 radical (unpaired) electrons. The molecule has 0 saturated heterocycles. The van der Waals surface area contributed by atoms with Gasteiger partial charge in [-0.1, -0.05) is 95.5 Å². The summed E-state index contributed by atoms with van der Waals surface area (Å²) in [5, 5.41) is 13.8. The van der Waals surface area contributed by atoms with E-state index in [2.05, 4.69) is 11.4 Å². The van der Waals surface area contributed by atoms with Crippen molar-refractivity contribution in [3.05, 3.63) is 95.1 Å². The smallest absolute Gasteiger partial charge is 0.216 e. The van der Waals surface area contributed by atoms with Crippen molar-refractivity contribution in [1.29, 1.82) is 0 Å². The van der Waals surface area contributed by atoms with Crippen molar-refractivity contribution in [3.8, 4) is 11.5 Å². The van der Waals surface area contributed by atoms with Crippen molar-refractivity contribution in [1.82, 2.24) is 5.32 Å². The van der Waals surface area contributed by atoms with Gasteiger partial charge in [0.2, 0.25) is 3.79 Å². The summed E-state index contributed by atoms with van der Waals surface area (Å²) in [5.41, 5.74) is 4.43. The Labute approximate surface area is 215 Å². The molecule has 2 atom stereocenters. The first-order chi connectivity index (χ1) is 16.4. The number of hydrogen-bond donors (Lipinski definition) is 2. The highest BCUT2D eigenvalue weighted by Crippen LogP contribution is 2.40. The van der Waals surface area contributed by atoms with Crippen LogP contribution in [0.5, 0.6) is 11.5 Å². The molecule has 1 heterocycles. The topological polar surface area (TPSA) is 50.7 Å². The zero-order valence-corrected chi connectivity index (χ0v) is 21.0. The van der Waals surface area contributed by atoms with E-state index >= 15 is 0 Å². The van der Waals surface area contributed by atoms with E-state index in [9.17, 15) is 5.11 Å². The van der Waals surface area contributed by atoms with Crippen molar-refractivity contribution in [2.45, 2.75) is 48.4 Å². The molecule has 4 nitrogen and oxygen atoms in total. The molecular formula is C27H28Cl3NO3. The number of hydrogen-bond acceptors (Lipinski definition) is 4. The van der Waals surface area contributed by atoms with Gasteiger partial charge in [0.15, 0.2) is 0 Å². The average molecular weight is 521 g/mol. The summed E-state index contributed by atoms with van der Waals surface area (Å²) < 4.78 is 10.8. The van der Waals surface area contributed by atoms with Gasteiger partial charge in [-0.3, -0.25) is 0 Å². The molecule has 180 valence electrons. The minimum absolute atomic E-state index is 0.0281. The first-order valence-electron chi connectivity index (χ1n) is 11.4. The van der Waals surface area contributed by atoms with E-state index in [1.807, 2.05) is 66.7 Å². The van der Waals surface area contributed by atoms with Gasteiger partial charge in [-0.2, -0.15) is 0 Å². The molecule has 3 aromatic rings. The molecule has 0 saturated carbocycles. The van der Waals surface area contributed by atoms with Crippen LogP contribution in [-0.4, -0.2) is 21.5 Å². The normalized spacial score (nSPS) is 16.5. The number of benzene rings is 3. The van der Waals surface area contributed by atoms with Gasteiger partial charge in [-0.05, 0) is 48.6 Å². The minimum Gasteiger partial charge on any atom is -0.489 e. The van der Waals surface area contributed by atoms with Gasteiger partial charge in [0, 0.05) is 17.7 Å². The number of nitrogens with one attached hydrogen (secondary N) is 1. The maximum atomic E-state index is 10.2. The Hall–Kier alpha value is -1.95. The molecule has 1 aliphatic rings. The van der Waals surface area contributed by atoms with E-state index in [1.54, 1.807) is 0 Å². The summed E-state index contributed by atoms with van der Waals surface area (Å²) >= 11 is 17.6. The summed E-state index contributed by atoms with van der Waals surface area (Å²) in [4.78, 5) is 0. The first-order valence-corrected chi connectivity index (χ1v) is 12.5. The van der Waals surface area contributed by atoms with Crippen LogP contribution in [0.3, 0.4) is 0 Å². The van der Waals surface area contributed by atoms with Crippen LogP contribution in [0, 0.1) is 0 Å². The Morgan fingerprint density at radius 1 is 0.912 bits per heavy atom. The molecule has 2 N–H and O–H groups in total. The highest BCUT2D eigenvalue weighted by Gasteiger charge is 2.32. The van der Waals surface area contributed by atoms with Crippen LogP contribution >= 0.6 is 34.8 Å². The van der Waals surface area contributed by atoms with Crippen molar-refractivity contribution >= 4 is 34.8 Å². The fourth-order valence-electron chi connectivity index (χ4n) is 4.16. The lowest BCUT2D eigenvalue weighted by Crippen LogP contribution is -2.33. The molecule has 1 aliphatic heterocycles. The lowest BCUT2D eigenvalue weighted by molar-refractivity contribution is 0.159. The lowest BCUT2D eigenvalue weighted by Gasteiger charge is -2.31. The van der Waals surface area contributed by atoms with Crippen LogP contribution in [-0.2, 0) is 19.6 Å². The predicted octanol–water partition coefficient (Wildman–Crippen LogP) is 6.54. The number of aliphatic hydroxyl groups is 1. The van der Waals surface area contributed by atoms with E-state index < -0.39 is 9.90 Å². The van der Waals surface area contributed by atoms with E-state index in [0.29, 0.717) is 26.1 Å². The van der Waals surface area contributed by atoms with E-state index in [1.165, 1.54) is 5.56 Å². The SMILES string of the molecule is O[C@H](CC[C@@H]1NCCc2cc(OCc3ccccc3)cc(OCc3ccccc3)c21)C(Cl)(Cl)Cl. The van der Waals surface area contributed by atoms with E-state index in [-0.39, 0.29) is 6.04 Å². The van der Waals surface area contributed by atoms with Crippen LogP contribution in [0.1, 0.15) is 41.1 Å². The van der Waals surface area contributed by atoms with Crippen molar-refractivity contribution in [2.75, 3.05) is 6.54 Å². The van der Waals surface area contributed by atoms with Crippen LogP contribution in [0.4, 0.5) is 0 Å². The fourth-order valence-corrected chi connectivity index (χ4v) is 4.48. The van der Waals surface area contributed by atoms with Crippen LogP contribution in [0.2, 0.25) is 0 Å². The zero-order chi connectivity index (χ0) is 24.0. The Balaban J connectivity index is 1.58. The molecule has 7 heteroatoms. The molecule has 0 fully saturated rings. The second-order valence-electron chi connectivity index (χ2n) is 8.43.